The number of imidazole rings is 1. The Balaban J connectivity index is 1.42. The summed E-state index contributed by atoms with van der Waals surface area (Å²) in [6.45, 7) is 10.4. The molecule has 1 fully saturated rings. The molecular formula is C31H33N9. The number of hydrogen-bond acceptors (Lipinski definition) is 5. The molecule has 0 aliphatic heterocycles. The van der Waals surface area contributed by atoms with Gasteiger partial charge in [-0.15, -0.1) is 0 Å². The summed E-state index contributed by atoms with van der Waals surface area (Å²) >= 11 is 0. The summed E-state index contributed by atoms with van der Waals surface area (Å²) in [5, 5.41) is 16.2. The lowest BCUT2D eigenvalue weighted by molar-refractivity contribution is 0.726. The number of hydrogen-bond donors (Lipinski definition) is 0. The number of allylic oxidation sites excluding steroid dienone is 1. The molecule has 7 rings (SSSR count). The SMILES string of the molecule is C=C(C)c1cc(-n2cc3c(-c4nc(-c5cc6cn(C)nc6nc5C(C)C)n(C)c4C4CC4)cccc3n2)nn1C. The largest absolute Gasteiger partial charge is 0.330 e. The molecular weight excluding hydrogens is 498 g/mol. The van der Waals surface area contributed by atoms with E-state index in [9.17, 15) is 0 Å². The highest BCUT2D eigenvalue weighted by Crippen LogP contribution is 2.47. The maximum atomic E-state index is 5.37. The van der Waals surface area contributed by atoms with Crippen LogP contribution in [-0.4, -0.2) is 43.9 Å². The van der Waals surface area contributed by atoms with E-state index in [0.29, 0.717) is 5.92 Å². The third-order valence-corrected chi connectivity index (χ3v) is 7.87. The molecule has 0 amide bonds. The zero-order valence-corrected chi connectivity index (χ0v) is 23.8. The third-order valence-electron chi connectivity index (χ3n) is 7.87. The molecule has 1 aromatic carbocycles. The van der Waals surface area contributed by atoms with Crippen LogP contribution in [0.2, 0.25) is 0 Å². The zero-order valence-electron chi connectivity index (χ0n) is 23.8. The number of aromatic nitrogens is 9. The highest BCUT2D eigenvalue weighted by molar-refractivity contribution is 5.95. The molecule has 40 heavy (non-hydrogen) atoms. The Morgan fingerprint density at radius 3 is 2.48 bits per heavy atom. The standard InChI is InChI=1S/C31H33N9/c1-17(2)25-14-26(35-39(25)7)40-16-23-21(9-8-10-24(23)34-40)28-29(19-11-12-19)38(6)31(33-28)22-13-20-15-37(5)36-30(20)32-27(22)18(3)4/h8-10,13-16,18-19H,1,11-12H2,2-7H3. The van der Waals surface area contributed by atoms with Gasteiger partial charge in [0.05, 0.1) is 22.6 Å². The van der Waals surface area contributed by atoms with Crippen molar-refractivity contribution in [2.75, 3.05) is 0 Å². The van der Waals surface area contributed by atoms with Crippen LogP contribution in [0.5, 0.6) is 0 Å². The average Bonchev–Trinajstić information content (AvgIpc) is 3.22. The van der Waals surface area contributed by atoms with Crippen molar-refractivity contribution in [3.63, 3.8) is 0 Å². The van der Waals surface area contributed by atoms with Crippen LogP contribution < -0.4 is 0 Å². The summed E-state index contributed by atoms with van der Waals surface area (Å²) in [6, 6.07) is 10.5. The molecule has 5 aromatic heterocycles. The predicted octanol–water partition coefficient (Wildman–Crippen LogP) is 6.14. The molecule has 9 nitrogen and oxygen atoms in total. The van der Waals surface area contributed by atoms with Crippen LogP contribution >= 0.6 is 0 Å². The van der Waals surface area contributed by atoms with Crippen molar-refractivity contribution in [2.24, 2.45) is 21.1 Å². The second kappa shape index (κ2) is 8.74. The van der Waals surface area contributed by atoms with Crippen LogP contribution in [0.4, 0.5) is 0 Å². The van der Waals surface area contributed by atoms with Gasteiger partial charge < -0.3 is 4.57 Å². The van der Waals surface area contributed by atoms with Gasteiger partial charge in [-0.3, -0.25) is 9.36 Å². The highest BCUT2D eigenvalue weighted by Gasteiger charge is 2.33. The van der Waals surface area contributed by atoms with E-state index in [1.807, 2.05) is 47.3 Å². The smallest absolute Gasteiger partial charge is 0.181 e. The van der Waals surface area contributed by atoms with Gasteiger partial charge in [0, 0.05) is 73.1 Å². The number of fused-ring (bicyclic) bond motifs is 2. The second-order valence-electron chi connectivity index (χ2n) is 11.4. The van der Waals surface area contributed by atoms with Crippen LogP contribution in [0.15, 0.2) is 49.3 Å². The summed E-state index contributed by atoms with van der Waals surface area (Å²) in [5.41, 5.74) is 9.11. The monoisotopic (exact) mass is 531 g/mol. The number of aryl methyl sites for hydroxylation is 2. The van der Waals surface area contributed by atoms with E-state index in [4.69, 9.17) is 15.1 Å². The van der Waals surface area contributed by atoms with Crippen molar-refractivity contribution in [2.45, 2.75) is 45.4 Å². The number of benzene rings is 1. The molecule has 9 heteroatoms. The van der Waals surface area contributed by atoms with Crippen LogP contribution in [-0.2, 0) is 21.1 Å². The molecule has 1 saturated carbocycles. The van der Waals surface area contributed by atoms with Crippen molar-refractivity contribution in [3.8, 4) is 28.5 Å². The highest BCUT2D eigenvalue weighted by atomic mass is 15.4. The molecule has 0 unspecified atom stereocenters. The van der Waals surface area contributed by atoms with Gasteiger partial charge in [-0.25, -0.2) is 14.6 Å². The first-order valence-electron chi connectivity index (χ1n) is 13.8. The van der Waals surface area contributed by atoms with Crippen LogP contribution in [0, 0.1) is 0 Å². The zero-order chi connectivity index (χ0) is 27.9. The van der Waals surface area contributed by atoms with Gasteiger partial charge in [-0.05, 0) is 43.4 Å². The number of nitrogens with zero attached hydrogens (tertiary/aromatic N) is 9. The third kappa shape index (κ3) is 3.79. The molecule has 0 saturated heterocycles. The fraction of sp³-hybridized carbons (Fsp3) is 0.323. The van der Waals surface area contributed by atoms with Crippen LogP contribution in [0.3, 0.4) is 0 Å². The van der Waals surface area contributed by atoms with Crippen molar-refractivity contribution < 1.29 is 0 Å². The summed E-state index contributed by atoms with van der Waals surface area (Å²) in [5.74, 6) is 2.44. The molecule has 6 aromatic rings. The Morgan fingerprint density at radius 1 is 0.975 bits per heavy atom. The lowest BCUT2D eigenvalue weighted by Gasteiger charge is -2.12. The van der Waals surface area contributed by atoms with Gasteiger partial charge in [-0.1, -0.05) is 32.6 Å². The van der Waals surface area contributed by atoms with Gasteiger partial charge in [0.25, 0.3) is 0 Å². The fourth-order valence-corrected chi connectivity index (χ4v) is 5.81. The van der Waals surface area contributed by atoms with Crippen molar-refractivity contribution in [1.82, 2.24) is 43.9 Å². The Labute approximate surface area is 232 Å². The van der Waals surface area contributed by atoms with Crippen molar-refractivity contribution in [1.29, 1.82) is 0 Å². The first kappa shape index (κ1) is 24.5. The van der Waals surface area contributed by atoms with E-state index in [2.05, 4.69) is 72.7 Å². The van der Waals surface area contributed by atoms with Crippen LogP contribution in [0.25, 0.3) is 56.0 Å². The first-order valence-corrected chi connectivity index (χ1v) is 13.8. The minimum absolute atomic E-state index is 0.232. The predicted molar refractivity (Wildman–Crippen MR) is 158 cm³/mol. The number of pyridine rings is 1. The fourth-order valence-electron chi connectivity index (χ4n) is 5.81. The maximum Gasteiger partial charge on any atom is 0.181 e. The maximum absolute atomic E-state index is 5.37. The quantitative estimate of drug-likeness (QED) is 0.258. The van der Waals surface area contributed by atoms with E-state index in [-0.39, 0.29) is 5.92 Å². The Kier molecular flexibility index (Phi) is 5.35. The molecule has 1 aliphatic carbocycles. The van der Waals surface area contributed by atoms with Gasteiger partial charge in [0.15, 0.2) is 11.5 Å². The van der Waals surface area contributed by atoms with E-state index < -0.39 is 0 Å². The minimum Gasteiger partial charge on any atom is -0.330 e. The van der Waals surface area contributed by atoms with Crippen molar-refractivity contribution in [3.05, 3.63) is 66.4 Å². The minimum atomic E-state index is 0.232. The van der Waals surface area contributed by atoms with Gasteiger partial charge in [-0.2, -0.15) is 15.3 Å². The molecule has 5 heterocycles. The molecule has 0 atom stereocenters. The Bertz CT molecular complexity index is 1960. The summed E-state index contributed by atoms with van der Waals surface area (Å²) in [7, 11) is 6.02. The molecule has 0 spiro atoms. The summed E-state index contributed by atoms with van der Waals surface area (Å²) in [4.78, 5) is 10.3. The van der Waals surface area contributed by atoms with Gasteiger partial charge in [0.1, 0.15) is 5.82 Å². The van der Waals surface area contributed by atoms with E-state index in [1.165, 1.54) is 18.5 Å². The van der Waals surface area contributed by atoms with E-state index in [1.54, 1.807) is 0 Å². The normalized spacial score (nSPS) is 13.8. The molecule has 202 valence electrons. The lowest BCUT2D eigenvalue weighted by Crippen LogP contribution is -2.03. The van der Waals surface area contributed by atoms with Crippen LogP contribution in [0.1, 0.15) is 62.5 Å². The average molecular weight is 532 g/mol. The Hall–Kier alpha value is -4.53. The number of rotatable bonds is 6. The summed E-state index contributed by atoms with van der Waals surface area (Å²) < 4.78 is 7.82. The first-order chi connectivity index (χ1) is 19.2. The molecule has 1 aliphatic rings. The van der Waals surface area contributed by atoms with Crippen molar-refractivity contribution >= 4 is 27.5 Å². The van der Waals surface area contributed by atoms with E-state index in [0.717, 1.165) is 67.4 Å². The van der Waals surface area contributed by atoms with Gasteiger partial charge in [0.2, 0.25) is 0 Å². The topological polar surface area (TPSA) is 84.2 Å². The van der Waals surface area contributed by atoms with Gasteiger partial charge >= 0.3 is 0 Å². The molecule has 0 radical (unpaired) electrons. The van der Waals surface area contributed by atoms with E-state index >= 15 is 0 Å². The molecule has 0 N–H and O–H groups in total. The molecule has 0 bridgehead atoms. The second-order valence-corrected chi connectivity index (χ2v) is 11.4. The lowest BCUT2D eigenvalue weighted by atomic mass is 10.0. The Morgan fingerprint density at radius 2 is 1.77 bits per heavy atom. The summed E-state index contributed by atoms with van der Waals surface area (Å²) in [6.07, 6.45) is 6.45.